The minimum Gasteiger partial charge on any atom is -0.507 e. The Balaban J connectivity index is 1.68. The number of rotatable bonds is 3. The van der Waals surface area contributed by atoms with Gasteiger partial charge in [-0.1, -0.05) is 23.7 Å². The monoisotopic (exact) mass is 381 g/mol. The van der Waals surface area contributed by atoms with Crippen molar-refractivity contribution in [2.75, 3.05) is 5.32 Å². The number of hydrogen-bond acceptors (Lipinski definition) is 5. The van der Waals surface area contributed by atoms with Gasteiger partial charge in [0.05, 0.1) is 21.3 Å². The van der Waals surface area contributed by atoms with Crippen LogP contribution >= 0.6 is 22.9 Å². The second-order valence-corrected chi connectivity index (χ2v) is 6.90. The third-order valence-corrected chi connectivity index (χ3v) is 5.15. The number of nitrogens with zero attached hydrogens (tertiary/aromatic N) is 2. The number of carbonyl (C=O) groups excluding carboxylic acids is 1. The fourth-order valence-corrected chi connectivity index (χ4v) is 3.72. The normalized spacial score (nSPS) is 10.8. The van der Waals surface area contributed by atoms with E-state index in [1.165, 1.54) is 23.6 Å². The molecule has 2 heterocycles. The number of thiazole rings is 1. The van der Waals surface area contributed by atoms with Crippen LogP contribution in [0.1, 0.15) is 10.4 Å². The SMILES string of the molecule is O=C(Nc1ccc(O)c(-c2nc3ccccc3s2)c1)c1cccnc1Cl. The van der Waals surface area contributed by atoms with Gasteiger partial charge in [-0.3, -0.25) is 4.79 Å². The highest BCUT2D eigenvalue weighted by molar-refractivity contribution is 7.21. The quantitative estimate of drug-likeness (QED) is 0.388. The number of anilines is 1. The van der Waals surface area contributed by atoms with E-state index >= 15 is 0 Å². The van der Waals surface area contributed by atoms with E-state index in [9.17, 15) is 9.90 Å². The molecule has 0 fully saturated rings. The van der Waals surface area contributed by atoms with E-state index < -0.39 is 0 Å². The molecular weight excluding hydrogens is 370 g/mol. The fourth-order valence-electron chi connectivity index (χ4n) is 2.53. The summed E-state index contributed by atoms with van der Waals surface area (Å²) in [7, 11) is 0. The lowest BCUT2D eigenvalue weighted by Crippen LogP contribution is -2.12. The van der Waals surface area contributed by atoms with Crippen molar-refractivity contribution >= 4 is 44.7 Å². The highest BCUT2D eigenvalue weighted by Crippen LogP contribution is 2.36. The number of aromatic nitrogens is 2. The van der Waals surface area contributed by atoms with Crippen LogP contribution in [-0.2, 0) is 0 Å². The van der Waals surface area contributed by atoms with Crippen molar-refractivity contribution in [1.29, 1.82) is 0 Å². The molecule has 4 aromatic rings. The van der Waals surface area contributed by atoms with Crippen LogP contribution in [0.5, 0.6) is 5.75 Å². The van der Waals surface area contributed by atoms with Gasteiger partial charge >= 0.3 is 0 Å². The first-order valence-electron chi connectivity index (χ1n) is 7.72. The van der Waals surface area contributed by atoms with E-state index in [1.54, 1.807) is 24.3 Å². The van der Waals surface area contributed by atoms with Gasteiger partial charge < -0.3 is 10.4 Å². The molecule has 0 atom stereocenters. The molecule has 128 valence electrons. The Labute approximate surface area is 157 Å². The van der Waals surface area contributed by atoms with Crippen LogP contribution in [0.2, 0.25) is 5.15 Å². The highest BCUT2D eigenvalue weighted by Gasteiger charge is 2.14. The number of halogens is 1. The van der Waals surface area contributed by atoms with Crippen LogP contribution in [0.25, 0.3) is 20.8 Å². The molecule has 4 rings (SSSR count). The van der Waals surface area contributed by atoms with Gasteiger partial charge in [0, 0.05) is 11.9 Å². The maximum absolute atomic E-state index is 12.4. The molecule has 0 aliphatic rings. The van der Waals surface area contributed by atoms with Gasteiger partial charge in [-0.05, 0) is 42.5 Å². The summed E-state index contributed by atoms with van der Waals surface area (Å²) in [5.74, 6) is -0.273. The van der Waals surface area contributed by atoms with Crippen LogP contribution < -0.4 is 5.32 Å². The van der Waals surface area contributed by atoms with Gasteiger partial charge in [0.15, 0.2) is 0 Å². The summed E-state index contributed by atoms with van der Waals surface area (Å²) in [6, 6.07) is 15.8. The molecule has 0 aliphatic carbocycles. The average molecular weight is 382 g/mol. The number of benzene rings is 2. The summed E-state index contributed by atoms with van der Waals surface area (Å²) in [6.45, 7) is 0. The zero-order valence-electron chi connectivity index (χ0n) is 13.3. The van der Waals surface area contributed by atoms with Gasteiger partial charge in [0.2, 0.25) is 0 Å². The number of nitrogens with one attached hydrogen (secondary N) is 1. The van der Waals surface area contributed by atoms with E-state index in [0.29, 0.717) is 16.3 Å². The molecule has 7 heteroatoms. The first kappa shape index (κ1) is 16.5. The standard InChI is InChI=1S/C19H12ClN3O2S/c20-17-12(4-3-9-21-17)18(25)22-11-7-8-15(24)13(10-11)19-23-14-5-1-2-6-16(14)26-19/h1-10,24H,(H,22,25). The molecule has 0 saturated carbocycles. The Hall–Kier alpha value is -2.96. The van der Waals surface area contributed by atoms with Crippen LogP contribution in [0.4, 0.5) is 5.69 Å². The van der Waals surface area contributed by atoms with E-state index in [4.69, 9.17) is 11.6 Å². The first-order valence-corrected chi connectivity index (χ1v) is 8.92. The fraction of sp³-hybridized carbons (Fsp3) is 0. The lowest BCUT2D eigenvalue weighted by Gasteiger charge is -2.08. The number of hydrogen-bond donors (Lipinski definition) is 2. The van der Waals surface area contributed by atoms with E-state index in [0.717, 1.165) is 10.2 Å². The number of phenols is 1. The molecule has 0 radical (unpaired) electrons. The number of para-hydroxylation sites is 1. The van der Waals surface area contributed by atoms with Crippen molar-refractivity contribution in [3.05, 3.63) is 71.5 Å². The first-order chi connectivity index (χ1) is 12.6. The van der Waals surface area contributed by atoms with Crippen molar-refractivity contribution < 1.29 is 9.90 Å². The minimum absolute atomic E-state index is 0.0986. The van der Waals surface area contributed by atoms with Crippen molar-refractivity contribution in [3.8, 4) is 16.3 Å². The smallest absolute Gasteiger partial charge is 0.258 e. The van der Waals surface area contributed by atoms with E-state index in [2.05, 4.69) is 15.3 Å². The van der Waals surface area contributed by atoms with Crippen LogP contribution in [-0.4, -0.2) is 21.0 Å². The minimum atomic E-state index is -0.371. The number of fused-ring (bicyclic) bond motifs is 1. The summed E-state index contributed by atoms with van der Waals surface area (Å²) < 4.78 is 1.03. The summed E-state index contributed by atoms with van der Waals surface area (Å²) in [5, 5.41) is 13.8. The van der Waals surface area contributed by atoms with E-state index in [-0.39, 0.29) is 22.4 Å². The van der Waals surface area contributed by atoms with Gasteiger partial charge in [-0.15, -0.1) is 11.3 Å². The Bertz CT molecular complexity index is 1090. The van der Waals surface area contributed by atoms with Crippen LogP contribution in [0, 0.1) is 0 Å². The number of amides is 1. The average Bonchev–Trinajstić information content (AvgIpc) is 3.07. The van der Waals surface area contributed by atoms with Crippen molar-refractivity contribution in [1.82, 2.24) is 9.97 Å². The summed E-state index contributed by atoms with van der Waals surface area (Å²) in [4.78, 5) is 20.9. The van der Waals surface area contributed by atoms with Crippen molar-refractivity contribution in [3.63, 3.8) is 0 Å². The second kappa shape index (κ2) is 6.74. The Morgan fingerprint density at radius 1 is 1.12 bits per heavy atom. The molecule has 5 nitrogen and oxygen atoms in total. The van der Waals surface area contributed by atoms with Gasteiger partial charge in [0.1, 0.15) is 15.9 Å². The molecule has 0 aliphatic heterocycles. The topological polar surface area (TPSA) is 75.1 Å². The third kappa shape index (κ3) is 3.12. The molecule has 0 spiro atoms. The number of carbonyl (C=O) groups is 1. The molecule has 2 aromatic carbocycles. The van der Waals surface area contributed by atoms with Crippen molar-refractivity contribution in [2.24, 2.45) is 0 Å². The lowest BCUT2D eigenvalue weighted by atomic mass is 10.1. The van der Waals surface area contributed by atoms with Crippen LogP contribution in [0.3, 0.4) is 0 Å². The number of aromatic hydroxyl groups is 1. The highest BCUT2D eigenvalue weighted by atomic mass is 35.5. The zero-order chi connectivity index (χ0) is 18.1. The molecule has 0 bridgehead atoms. The Morgan fingerprint density at radius 3 is 2.77 bits per heavy atom. The summed E-state index contributed by atoms with van der Waals surface area (Å²) in [5.41, 5.74) is 2.23. The zero-order valence-corrected chi connectivity index (χ0v) is 14.9. The van der Waals surface area contributed by atoms with Gasteiger partial charge in [-0.2, -0.15) is 0 Å². The third-order valence-electron chi connectivity index (χ3n) is 3.78. The molecular formula is C19H12ClN3O2S. The molecule has 26 heavy (non-hydrogen) atoms. The van der Waals surface area contributed by atoms with E-state index in [1.807, 2.05) is 24.3 Å². The summed E-state index contributed by atoms with van der Waals surface area (Å²) in [6.07, 6.45) is 1.52. The predicted molar refractivity (Wildman–Crippen MR) is 104 cm³/mol. The second-order valence-electron chi connectivity index (χ2n) is 5.51. The van der Waals surface area contributed by atoms with Crippen molar-refractivity contribution in [2.45, 2.75) is 0 Å². The Morgan fingerprint density at radius 2 is 1.96 bits per heavy atom. The van der Waals surface area contributed by atoms with Crippen LogP contribution in [0.15, 0.2) is 60.8 Å². The maximum atomic E-state index is 12.4. The maximum Gasteiger partial charge on any atom is 0.258 e. The number of pyridine rings is 1. The molecule has 0 unspecified atom stereocenters. The Kier molecular flexibility index (Phi) is 4.28. The molecule has 2 N–H and O–H groups in total. The molecule has 1 amide bonds. The summed E-state index contributed by atoms with van der Waals surface area (Å²) >= 11 is 7.44. The lowest BCUT2D eigenvalue weighted by molar-refractivity contribution is 0.102. The molecule has 2 aromatic heterocycles. The predicted octanol–water partition coefficient (Wildman–Crippen LogP) is 4.97. The van der Waals surface area contributed by atoms with Gasteiger partial charge in [0.25, 0.3) is 5.91 Å². The largest absolute Gasteiger partial charge is 0.507 e. The van der Waals surface area contributed by atoms with Gasteiger partial charge in [-0.25, -0.2) is 9.97 Å². The molecule has 0 saturated heterocycles. The number of phenolic OH excluding ortho intramolecular Hbond substituents is 1.